The number of aromatic hydroxyl groups is 1. The molecule has 14 heavy (non-hydrogen) atoms. The van der Waals surface area contributed by atoms with Crippen LogP contribution in [0.15, 0.2) is 36.4 Å². The third-order valence-electron chi connectivity index (χ3n) is 2.10. The van der Waals surface area contributed by atoms with Gasteiger partial charge in [0.1, 0.15) is 5.75 Å². The Labute approximate surface area is 85.3 Å². The predicted octanol–water partition coefficient (Wildman–Crippen LogP) is 2.62. The summed E-state index contributed by atoms with van der Waals surface area (Å²) in [7, 11) is 0. The van der Waals surface area contributed by atoms with Crippen molar-refractivity contribution in [1.29, 1.82) is 0 Å². The second-order valence-electron chi connectivity index (χ2n) is 3.65. The van der Waals surface area contributed by atoms with Gasteiger partial charge in [-0.2, -0.15) is 0 Å². The molecule has 76 valence electrons. The largest absolute Gasteiger partial charge is 0.508 e. The van der Waals surface area contributed by atoms with Crippen LogP contribution < -0.4 is 5.32 Å². The van der Waals surface area contributed by atoms with Gasteiger partial charge in [0.15, 0.2) is 0 Å². The summed E-state index contributed by atoms with van der Waals surface area (Å²) >= 11 is 0. The Kier molecular flexibility index (Phi) is 3.72. The van der Waals surface area contributed by atoms with Crippen LogP contribution in [0.3, 0.4) is 0 Å². The van der Waals surface area contributed by atoms with Gasteiger partial charge in [0.2, 0.25) is 0 Å². The molecule has 0 heterocycles. The summed E-state index contributed by atoms with van der Waals surface area (Å²) < 4.78 is 0. The Morgan fingerprint density at radius 1 is 1.43 bits per heavy atom. The highest BCUT2D eigenvalue weighted by Gasteiger charge is 2.03. The molecular formula is C12H17NO. The molecule has 0 aliphatic rings. The van der Waals surface area contributed by atoms with Crippen LogP contribution in [0.2, 0.25) is 0 Å². The van der Waals surface area contributed by atoms with Crippen LogP contribution in [0, 0.1) is 0 Å². The first-order valence-electron chi connectivity index (χ1n) is 4.76. The molecule has 2 heteroatoms. The first-order chi connectivity index (χ1) is 6.59. The number of hydrogen-bond donors (Lipinski definition) is 2. The third kappa shape index (κ3) is 3.23. The fraction of sp³-hybridized carbons (Fsp3) is 0.333. The molecule has 1 aromatic rings. The number of hydrogen-bond acceptors (Lipinski definition) is 2. The topological polar surface area (TPSA) is 32.3 Å². The maximum Gasteiger partial charge on any atom is 0.115 e. The SMILES string of the molecule is C=C(C)CNC(C)c1ccc(O)cc1. The van der Waals surface area contributed by atoms with E-state index in [1.165, 1.54) is 5.56 Å². The van der Waals surface area contributed by atoms with E-state index in [1.807, 2.05) is 19.1 Å². The van der Waals surface area contributed by atoms with Crippen LogP contribution in [-0.2, 0) is 0 Å². The number of phenolic OH excluding ortho intramolecular Hbond substituents is 1. The van der Waals surface area contributed by atoms with E-state index in [0.29, 0.717) is 5.75 Å². The predicted molar refractivity (Wildman–Crippen MR) is 59.3 cm³/mol. The second-order valence-corrected chi connectivity index (χ2v) is 3.65. The lowest BCUT2D eigenvalue weighted by Gasteiger charge is -2.14. The third-order valence-corrected chi connectivity index (χ3v) is 2.10. The van der Waals surface area contributed by atoms with Crippen molar-refractivity contribution in [2.45, 2.75) is 19.9 Å². The highest BCUT2D eigenvalue weighted by atomic mass is 16.3. The fourth-order valence-electron chi connectivity index (χ4n) is 1.21. The quantitative estimate of drug-likeness (QED) is 0.717. The smallest absolute Gasteiger partial charge is 0.115 e. The summed E-state index contributed by atoms with van der Waals surface area (Å²) in [5, 5.41) is 12.5. The van der Waals surface area contributed by atoms with Gasteiger partial charge in [0, 0.05) is 12.6 Å². The first-order valence-corrected chi connectivity index (χ1v) is 4.76. The van der Waals surface area contributed by atoms with Gasteiger partial charge in [0.25, 0.3) is 0 Å². The van der Waals surface area contributed by atoms with Gasteiger partial charge in [-0.15, -0.1) is 0 Å². The van der Waals surface area contributed by atoms with Gasteiger partial charge in [-0.25, -0.2) is 0 Å². The maximum atomic E-state index is 9.12. The van der Waals surface area contributed by atoms with Gasteiger partial charge in [-0.05, 0) is 31.5 Å². The standard InChI is InChI=1S/C12H17NO/c1-9(2)8-13-10(3)11-4-6-12(14)7-5-11/h4-7,10,13-14H,1,8H2,2-3H3. The van der Waals surface area contributed by atoms with Gasteiger partial charge in [-0.1, -0.05) is 24.3 Å². The monoisotopic (exact) mass is 191 g/mol. The van der Waals surface area contributed by atoms with Crippen LogP contribution in [0.1, 0.15) is 25.5 Å². The zero-order chi connectivity index (χ0) is 10.6. The van der Waals surface area contributed by atoms with Crippen LogP contribution in [0.25, 0.3) is 0 Å². The number of phenols is 1. The first kappa shape index (κ1) is 10.8. The van der Waals surface area contributed by atoms with Crippen molar-refractivity contribution in [1.82, 2.24) is 5.32 Å². The van der Waals surface area contributed by atoms with E-state index in [-0.39, 0.29) is 6.04 Å². The molecule has 2 N–H and O–H groups in total. The molecular weight excluding hydrogens is 174 g/mol. The minimum absolute atomic E-state index is 0.285. The van der Waals surface area contributed by atoms with Gasteiger partial charge in [0.05, 0.1) is 0 Å². The molecule has 1 unspecified atom stereocenters. The Hall–Kier alpha value is -1.28. The van der Waals surface area contributed by atoms with Gasteiger partial charge < -0.3 is 10.4 Å². The summed E-state index contributed by atoms with van der Waals surface area (Å²) in [6.45, 7) is 8.74. The Morgan fingerprint density at radius 2 is 2.00 bits per heavy atom. The van der Waals surface area contributed by atoms with Crippen molar-refractivity contribution in [2.24, 2.45) is 0 Å². The molecule has 1 atom stereocenters. The maximum absolute atomic E-state index is 9.12. The zero-order valence-corrected chi connectivity index (χ0v) is 8.75. The lowest BCUT2D eigenvalue weighted by molar-refractivity contribution is 0.474. The Morgan fingerprint density at radius 3 is 2.50 bits per heavy atom. The summed E-state index contributed by atoms with van der Waals surface area (Å²) in [6.07, 6.45) is 0. The summed E-state index contributed by atoms with van der Waals surface area (Å²) in [6, 6.07) is 7.53. The van der Waals surface area contributed by atoms with Crippen molar-refractivity contribution in [3.05, 3.63) is 42.0 Å². The van der Waals surface area contributed by atoms with Crippen LogP contribution >= 0.6 is 0 Å². The van der Waals surface area contributed by atoms with Crippen molar-refractivity contribution >= 4 is 0 Å². The van der Waals surface area contributed by atoms with E-state index in [4.69, 9.17) is 5.11 Å². The summed E-state index contributed by atoms with van der Waals surface area (Å²) in [5.41, 5.74) is 2.29. The molecule has 0 aromatic heterocycles. The van der Waals surface area contributed by atoms with E-state index < -0.39 is 0 Å². The number of nitrogens with one attached hydrogen (secondary N) is 1. The molecule has 0 aliphatic heterocycles. The molecule has 0 fully saturated rings. The molecule has 0 saturated carbocycles. The van der Waals surface area contributed by atoms with E-state index in [1.54, 1.807) is 12.1 Å². The van der Waals surface area contributed by atoms with E-state index >= 15 is 0 Å². The van der Waals surface area contributed by atoms with Crippen LogP contribution in [0.5, 0.6) is 5.75 Å². The van der Waals surface area contributed by atoms with E-state index in [9.17, 15) is 0 Å². The minimum atomic E-state index is 0.285. The minimum Gasteiger partial charge on any atom is -0.508 e. The van der Waals surface area contributed by atoms with Crippen LogP contribution in [0.4, 0.5) is 0 Å². The molecule has 2 nitrogen and oxygen atoms in total. The highest BCUT2D eigenvalue weighted by molar-refractivity contribution is 5.27. The molecule has 0 bridgehead atoms. The molecule has 0 radical (unpaired) electrons. The molecule has 1 aromatic carbocycles. The number of benzene rings is 1. The van der Waals surface area contributed by atoms with E-state index in [0.717, 1.165) is 12.1 Å². The lowest BCUT2D eigenvalue weighted by Crippen LogP contribution is -2.20. The summed E-state index contributed by atoms with van der Waals surface area (Å²) in [5.74, 6) is 0.306. The van der Waals surface area contributed by atoms with E-state index in [2.05, 4.69) is 18.8 Å². The Balaban J connectivity index is 2.56. The fourth-order valence-corrected chi connectivity index (χ4v) is 1.21. The van der Waals surface area contributed by atoms with Crippen molar-refractivity contribution in [3.63, 3.8) is 0 Å². The van der Waals surface area contributed by atoms with Crippen molar-refractivity contribution in [3.8, 4) is 5.75 Å². The van der Waals surface area contributed by atoms with Crippen molar-refractivity contribution < 1.29 is 5.11 Å². The van der Waals surface area contributed by atoms with Gasteiger partial charge >= 0.3 is 0 Å². The average molecular weight is 191 g/mol. The molecule has 0 spiro atoms. The molecule has 1 rings (SSSR count). The molecule has 0 amide bonds. The normalized spacial score (nSPS) is 12.4. The highest BCUT2D eigenvalue weighted by Crippen LogP contribution is 2.16. The molecule has 0 aliphatic carbocycles. The zero-order valence-electron chi connectivity index (χ0n) is 8.75. The van der Waals surface area contributed by atoms with Crippen molar-refractivity contribution in [2.75, 3.05) is 6.54 Å². The number of rotatable bonds is 4. The van der Waals surface area contributed by atoms with Gasteiger partial charge in [-0.3, -0.25) is 0 Å². The second kappa shape index (κ2) is 4.82. The Bertz CT molecular complexity index is 303. The average Bonchev–Trinajstić information content (AvgIpc) is 2.15. The lowest BCUT2D eigenvalue weighted by atomic mass is 10.1. The summed E-state index contributed by atoms with van der Waals surface area (Å²) in [4.78, 5) is 0. The molecule has 0 saturated heterocycles. The van der Waals surface area contributed by atoms with Crippen LogP contribution in [-0.4, -0.2) is 11.7 Å².